The van der Waals surface area contributed by atoms with Crippen LogP contribution < -0.4 is 22.1 Å². The second-order valence-corrected chi connectivity index (χ2v) is 10.00. The Hall–Kier alpha value is -5.65. The molecule has 0 unspecified atom stereocenters. The summed E-state index contributed by atoms with van der Waals surface area (Å²) in [6, 6.07) is 21.6. The molecule has 0 spiro atoms. The van der Waals surface area contributed by atoms with Crippen LogP contribution in [-0.2, 0) is 38.6 Å². The molecule has 2 atom stereocenters. The first-order valence-corrected chi connectivity index (χ1v) is 13.9. The summed E-state index contributed by atoms with van der Waals surface area (Å²) in [4.78, 5) is 43.6. The number of aryl methyl sites for hydroxylation is 1. The van der Waals surface area contributed by atoms with E-state index >= 15 is 0 Å². The van der Waals surface area contributed by atoms with Gasteiger partial charge in [-0.05, 0) is 41.7 Å². The molecule has 0 aliphatic heterocycles. The fourth-order valence-corrected chi connectivity index (χ4v) is 3.57. The largest absolute Gasteiger partial charge is 0.508 e. The number of rotatable bonds is 11. The first-order chi connectivity index (χ1) is 22.7. The number of nitrogen functional groups attached to an aromatic ring is 1. The molecule has 18 heteroatoms. The summed E-state index contributed by atoms with van der Waals surface area (Å²) in [6.45, 7) is 0.249. The van der Waals surface area contributed by atoms with Crippen molar-refractivity contribution in [3.8, 4) is 5.75 Å². The number of aromatic hydroxyl groups is 1. The lowest BCUT2D eigenvalue weighted by atomic mass is 10.0. The van der Waals surface area contributed by atoms with Crippen molar-refractivity contribution in [2.24, 2.45) is 11.5 Å². The average molecular weight is 702 g/mol. The number of carboxylic acids is 2. The Morgan fingerprint density at radius 2 is 1.20 bits per heavy atom. The lowest BCUT2D eigenvalue weighted by molar-refractivity contribution is -0.193. The predicted molar refractivity (Wildman–Crippen MR) is 163 cm³/mol. The summed E-state index contributed by atoms with van der Waals surface area (Å²) in [6.07, 6.45) is -8.82. The maximum atomic E-state index is 13.0. The van der Waals surface area contributed by atoms with Gasteiger partial charge in [-0.25, -0.2) is 9.59 Å². The number of carbonyl (C=O) groups is 4. The number of aliphatic carboxylic acids is 2. The number of benzene rings is 3. The number of phenolic OH excluding ortho intramolecular Hbond substituents is 1. The number of carboxylic acid groups (broad SMARTS) is 2. The molecule has 0 saturated carbocycles. The maximum absolute atomic E-state index is 13.0. The number of nitrogens with two attached hydrogens (primary N) is 2. The van der Waals surface area contributed by atoms with E-state index in [9.17, 15) is 41.0 Å². The van der Waals surface area contributed by atoms with Crippen LogP contribution in [0.3, 0.4) is 0 Å². The highest BCUT2D eigenvalue weighted by atomic mass is 19.4. The Balaban J connectivity index is 0.000000717. The second-order valence-electron chi connectivity index (χ2n) is 10.00. The third-order valence-electron chi connectivity index (χ3n) is 6.15. The molecule has 12 nitrogen and oxygen atoms in total. The Morgan fingerprint density at radius 3 is 1.65 bits per heavy atom. The van der Waals surface area contributed by atoms with Crippen molar-refractivity contribution in [1.82, 2.24) is 10.6 Å². The van der Waals surface area contributed by atoms with Crippen LogP contribution in [-0.4, -0.2) is 69.3 Å². The van der Waals surface area contributed by atoms with Crippen LogP contribution >= 0.6 is 0 Å². The van der Waals surface area contributed by atoms with Crippen molar-refractivity contribution in [3.05, 3.63) is 101 Å². The van der Waals surface area contributed by atoms with E-state index < -0.39 is 42.3 Å². The van der Waals surface area contributed by atoms with E-state index in [1.807, 2.05) is 30.3 Å². The van der Waals surface area contributed by atoms with Crippen molar-refractivity contribution in [2.45, 2.75) is 50.2 Å². The van der Waals surface area contributed by atoms with Gasteiger partial charge in [0.1, 0.15) is 17.6 Å². The number of amidine groups is 1. The summed E-state index contributed by atoms with van der Waals surface area (Å²) in [5.41, 5.74) is 14.9. The molecule has 3 aromatic carbocycles. The van der Waals surface area contributed by atoms with Crippen molar-refractivity contribution in [1.29, 1.82) is 5.41 Å². The standard InChI is InChI=1S/C27H31N5O3.2C2HF3O2/c28-23(15-10-18-4-2-1-3-5-18)26(34)32-24(16-19-8-13-22(33)14-9-19)27(35)31-17-20-6-11-21(12-7-20)25(29)30;2*3-2(4,5)1(6)7/h1-9,11-14,23-24,33H,10,15-17,28H2,(H3,29,30)(H,31,35)(H,32,34);2*(H,6,7)/t23-,24+;;/m1../s1. The average Bonchev–Trinajstić information content (AvgIpc) is 3.03. The summed E-state index contributed by atoms with van der Waals surface area (Å²) >= 11 is 0. The van der Waals surface area contributed by atoms with Crippen LogP contribution in [0.5, 0.6) is 5.75 Å². The lowest BCUT2D eigenvalue weighted by Crippen LogP contribution is -2.52. The molecule has 10 N–H and O–H groups in total. The molecule has 3 rings (SSSR count). The van der Waals surface area contributed by atoms with Gasteiger partial charge in [-0.1, -0.05) is 66.7 Å². The SMILES string of the molecule is N=C(N)c1ccc(CNC(=O)[C@H](Cc2ccc(O)cc2)NC(=O)[C@H](N)CCc2ccccc2)cc1.O=C(O)C(F)(F)F.O=C(O)C(F)(F)F. The molecule has 0 fully saturated rings. The van der Waals surface area contributed by atoms with E-state index in [1.54, 1.807) is 36.4 Å². The summed E-state index contributed by atoms with van der Waals surface area (Å²) in [7, 11) is 0. The van der Waals surface area contributed by atoms with Gasteiger partial charge in [0.25, 0.3) is 0 Å². The Kier molecular flexibility index (Phi) is 16.2. The zero-order valence-corrected chi connectivity index (χ0v) is 25.4. The topological polar surface area (TPSA) is 229 Å². The molecular weight excluding hydrogens is 668 g/mol. The van der Waals surface area contributed by atoms with Gasteiger partial charge in [-0.3, -0.25) is 15.0 Å². The number of phenols is 1. The van der Waals surface area contributed by atoms with Gasteiger partial charge < -0.3 is 37.4 Å². The number of carbonyl (C=O) groups excluding carboxylic acids is 2. The minimum atomic E-state index is -5.08. The predicted octanol–water partition coefficient (Wildman–Crippen LogP) is 3.25. The van der Waals surface area contributed by atoms with Crippen LogP contribution in [0.15, 0.2) is 78.9 Å². The minimum absolute atomic E-state index is 0.0270. The van der Waals surface area contributed by atoms with E-state index in [0.29, 0.717) is 18.4 Å². The molecule has 0 radical (unpaired) electrons. The van der Waals surface area contributed by atoms with Gasteiger partial charge in [0, 0.05) is 18.5 Å². The molecule has 266 valence electrons. The highest BCUT2D eigenvalue weighted by Gasteiger charge is 2.38. The highest BCUT2D eigenvalue weighted by Crippen LogP contribution is 2.14. The van der Waals surface area contributed by atoms with Crippen LogP contribution in [0.2, 0.25) is 0 Å². The molecule has 0 bridgehead atoms. The van der Waals surface area contributed by atoms with E-state index in [1.165, 1.54) is 12.1 Å². The van der Waals surface area contributed by atoms with Gasteiger partial charge in [-0.15, -0.1) is 0 Å². The lowest BCUT2D eigenvalue weighted by Gasteiger charge is -2.21. The third kappa shape index (κ3) is 16.7. The molecule has 2 amide bonds. The number of nitrogens with one attached hydrogen (secondary N) is 3. The molecule has 49 heavy (non-hydrogen) atoms. The molecule has 0 aliphatic rings. The second kappa shape index (κ2) is 19.2. The fourth-order valence-electron chi connectivity index (χ4n) is 3.57. The van der Waals surface area contributed by atoms with E-state index in [0.717, 1.165) is 16.7 Å². The summed E-state index contributed by atoms with van der Waals surface area (Å²) < 4.78 is 63.5. The van der Waals surface area contributed by atoms with Gasteiger partial charge in [0.15, 0.2) is 0 Å². The van der Waals surface area contributed by atoms with E-state index in [4.69, 9.17) is 36.7 Å². The highest BCUT2D eigenvalue weighted by molar-refractivity contribution is 5.95. The van der Waals surface area contributed by atoms with Gasteiger partial charge in [0.2, 0.25) is 11.8 Å². The fraction of sp³-hybridized carbons (Fsp3) is 0.258. The monoisotopic (exact) mass is 701 g/mol. The quantitative estimate of drug-likeness (QED) is 0.0833. The third-order valence-corrected chi connectivity index (χ3v) is 6.15. The number of amides is 2. The van der Waals surface area contributed by atoms with E-state index in [2.05, 4.69) is 10.6 Å². The van der Waals surface area contributed by atoms with Crippen LogP contribution in [0.1, 0.15) is 28.7 Å². The number of halogens is 6. The molecular formula is C31H33F6N5O7. The smallest absolute Gasteiger partial charge is 0.490 e. The molecule has 0 saturated heterocycles. The van der Waals surface area contributed by atoms with Gasteiger partial charge in [0.05, 0.1) is 6.04 Å². The molecule has 3 aromatic rings. The summed E-state index contributed by atoms with van der Waals surface area (Å²) in [5.74, 6) is -6.17. The minimum Gasteiger partial charge on any atom is -0.508 e. The zero-order valence-electron chi connectivity index (χ0n) is 25.4. The van der Waals surface area contributed by atoms with E-state index in [-0.39, 0.29) is 30.5 Å². The van der Waals surface area contributed by atoms with Crippen LogP contribution in [0.4, 0.5) is 26.3 Å². The molecule has 0 aromatic heterocycles. The van der Waals surface area contributed by atoms with Crippen molar-refractivity contribution < 1.29 is 60.8 Å². The number of hydrogen-bond acceptors (Lipinski definition) is 7. The molecule has 0 aliphatic carbocycles. The first kappa shape index (κ1) is 41.4. The van der Waals surface area contributed by atoms with Crippen molar-refractivity contribution >= 4 is 29.6 Å². The molecule has 0 heterocycles. The van der Waals surface area contributed by atoms with Crippen molar-refractivity contribution in [3.63, 3.8) is 0 Å². The van der Waals surface area contributed by atoms with Crippen LogP contribution in [0, 0.1) is 5.41 Å². The Labute approximate surface area is 275 Å². The first-order valence-electron chi connectivity index (χ1n) is 13.9. The zero-order chi connectivity index (χ0) is 37.4. The van der Waals surface area contributed by atoms with Crippen LogP contribution in [0.25, 0.3) is 0 Å². The summed E-state index contributed by atoms with van der Waals surface area (Å²) in [5, 5.41) is 36.9. The Bertz CT molecular complexity index is 1510. The van der Waals surface area contributed by atoms with Gasteiger partial charge >= 0.3 is 24.3 Å². The number of alkyl halides is 6. The Morgan fingerprint density at radius 1 is 0.735 bits per heavy atom. The number of hydrogen-bond donors (Lipinski definition) is 8. The normalized spacial score (nSPS) is 12.1. The maximum Gasteiger partial charge on any atom is 0.490 e. The van der Waals surface area contributed by atoms with Crippen molar-refractivity contribution in [2.75, 3.05) is 0 Å². The van der Waals surface area contributed by atoms with Gasteiger partial charge in [-0.2, -0.15) is 26.3 Å².